The first-order valence-corrected chi connectivity index (χ1v) is 7.83. The molecule has 1 aliphatic rings. The molecule has 3 aromatic carbocycles. The fourth-order valence-electron chi connectivity index (χ4n) is 3.24. The minimum Gasteiger partial charge on any atom is -0.508 e. The summed E-state index contributed by atoms with van der Waals surface area (Å²) < 4.78 is 5.75. The lowest BCUT2D eigenvalue weighted by atomic mass is 9.87. The Kier molecular flexibility index (Phi) is 3.47. The number of carbonyl (C=O) groups excluding carboxylic acids is 1. The molecule has 0 bridgehead atoms. The van der Waals surface area contributed by atoms with Crippen molar-refractivity contribution in [3.05, 3.63) is 59.7 Å². The number of aldehydes is 1. The molecule has 4 rings (SSSR count). The van der Waals surface area contributed by atoms with E-state index < -0.39 is 5.92 Å². The summed E-state index contributed by atoms with van der Waals surface area (Å²) in [4.78, 5) is 11.7. The van der Waals surface area contributed by atoms with E-state index in [1.54, 1.807) is 18.2 Å². The largest absolute Gasteiger partial charge is 0.508 e. The van der Waals surface area contributed by atoms with Crippen LogP contribution in [0.25, 0.3) is 11.1 Å². The Balaban J connectivity index is 1.92. The number of hydrogen-bond donors (Lipinski definition) is 4. The summed E-state index contributed by atoms with van der Waals surface area (Å²) in [6, 6.07) is 11.7. The SMILES string of the molecule is O=CC1c2cccc(O)c2Oc2cc(-c3cc(O)cc(O)c3)cc(O)c21. The third-order valence-electron chi connectivity index (χ3n) is 4.37. The number of ether oxygens (including phenoxy) is 1. The molecule has 1 heterocycles. The average Bonchev–Trinajstić information content (AvgIpc) is 2.59. The summed E-state index contributed by atoms with van der Waals surface area (Å²) in [5.41, 5.74) is 1.68. The first-order valence-electron chi connectivity index (χ1n) is 7.83. The molecular weight excluding hydrogens is 336 g/mol. The standard InChI is InChI=1S/C20H14O6/c21-9-15-14-2-1-3-16(24)20(14)26-18-7-11(6-17(25)19(15)18)10-4-12(22)8-13(23)5-10/h1-9,15,22-25H. The monoisotopic (exact) mass is 350 g/mol. The zero-order valence-corrected chi connectivity index (χ0v) is 13.4. The van der Waals surface area contributed by atoms with Gasteiger partial charge in [-0.05, 0) is 41.5 Å². The van der Waals surface area contributed by atoms with Gasteiger partial charge in [0.05, 0.1) is 11.5 Å². The number of phenolic OH excluding ortho intramolecular Hbond substituents is 4. The number of aromatic hydroxyl groups is 4. The molecule has 1 atom stereocenters. The van der Waals surface area contributed by atoms with Crippen LogP contribution in [0.15, 0.2) is 48.5 Å². The Labute approximate surface area is 148 Å². The summed E-state index contributed by atoms with van der Waals surface area (Å²) >= 11 is 0. The van der Waals surface area contributed by atoms with Gasteiger partial charge in [-0.1, -0.05) is 12.1 Å². The second-order valence-corrected chi connectivity index (χ2v) is 6.06. The van der Waals surface area contributed by atoms with Crippen LogP contribution in [0.2, 0.25) is 0 Å². The molecule has 4 N–H and O–H groups in total. The highest BCUT2D eigenvalue weighted by Crippen LogP contribution is 2.51. The minimum atomic E-state index is -0.785. The van der Waals surface area contributed by atoms with Gasteiger partial charge in [0.2, 0.25) is 0 Å². The van der Waals surface area contributed by atoms with Gasteiger partial charge in [-0.2, -0.15) is 0 Å². The van der Waals surface area contributed by atoms with Crippen LogP contribution in [0.4, 0.5) is 0 Å². The van der Waals surface area contributed by atoms with E-state index in [0.29, 0.717) is 28.5 Å². The van der Waals surface area contributed by atoms with E-state index in [1.165, 1.54) is 30.3 Å². The highest BCUT2D eigenvalue weighted by Gasteiger charge is 2.32. The number of para-hydroxylation sites is 1. The Bertz CT molecular complexity index is 1020. The summed E-state index contributed by atoms with van der Waals surface area (Å²) in [6.45, 7) is 0. The summed E-state index contributed by atoms with van der Waals surface area (Å²) in [7, 11) is 0. The van der Waals surface area contributed by atoms with Crippen molar-refractivity contribution in [2.24, 2.45) is 0 Å². The molecule has 3 aromatic rings. The number of hydrogen-bond acceptors (Lipinski definition) is 6. The van der Waals surface area contributed by atoms with E-state index in [9.17, 15) is 25.2 Å². The summed E-state index contributed by atoms with van der Waals surface area (Å²) in [5, 5.41) is 39.9. The second kappa shape index (κ2) is 5.70. The maximum atomic E-state index is 11.7. The zero-order chi connectivity index (χ0) is 18.4. The van der Waals surface area contributed by atoms with Crippen molar-refractivity contribution in [2.45, 2.75) is 5.92 Å². The summed E-state index contributed by atoms with van der Waals surface area (Å²) in [6.07, 6.45) is 0.680. The van der Waals surface area contributed by atoms with Gasteiger partial charge in [-0.25, -0.2) is 0 Å². The van der Waals surface area contributed by atoms with E-state index in [2.05, 4.69) is 0 Å². The number of carbonyl (C=O) groups is 1. The lowest BCUT2D eigenvalue weighted by Crippen LogP contribution is -2.12. The lowest BCUT2D eigenvalue weighted by molar-refractivity contribution is -0.108. The Morgan fingerprint density at radius 2 is 1.54 bits per heavy atom. The van der Waals surface area contributed by atoms with Crippen molar-refractivity contribution in [1.82, 2.24) is 0 Å². The molecule has 0 aliphatic carbocycles. The molecule has 0 fully saturated rings. The maximum absolute atomic E-state index is 11.7. The van der Waals surface area contributed by atoms with Crippen molar-refractivity contribution in [3.63, 3.8) is 0 Å². The average molecular weight is 350 g/mol. The molecule has 130 valence electrons. The van der Waals surface area contributed by atoms with Gasteiger partial charge in [0, 0.05) is 11.6 Å². The smallest absolute Gasteiger partial charge is 0.173 e. The van der Waals surface area contributed by atoms with Crippen molar-refractivity contribution in [2.75, 3.05) is 0 Å². The second-order valence-electron chi connectivity index (χ2n) is 6.06. The van der Waals surface area contributed by atoms with Gasteiger partial charge in [0.15, 0.2) is 11.5 Å². The predicted molar refractivity (Wildman–Crippen MR) is 93.0 cm³/mol. The van der Waals surface area contributed by atoms with Crippen LogP contribution in [-0.4, -0.2) is 26.7 Å². The van der Waals surface area contributed by atoms with Gasteiger partial charge in [-0.3, -0.25) is 0 Å². The Morgan fingerprint density at radius 1 is 0.846 bits per heavy atom. The molecule has 0 saturated carbocycles. The highest BCUT2D eigenvalue weighted by molar-refractivity contribution is 5.80. The van der Waals surface area contributed by atoms with Crippen LogP contribution >= 0.6 is 0 Å². The third kappa shape index (κ3) is 2.39. The van der Waals surface area contributed by atoms with E-state index in [1.807, 2.05) is 0 Å². The van der Waals surface area contributed by atoms with Crippen LogP contribution < -0.4 is 4.74 Å². The van der Waals surface area contributed by atoms with Crippen LogP contribution in [0.1, 0.15) is 17.0 Å². The lowest BCUT2D eigenvalue weighted by Gasteiger charge is -2.26. The third-order valence-corrected chi connectivity index (χ3v) is 4.37. The van der Waals surface area contributed by atoms with Crippen molar-refractivity contribution < 1.29 is 30.0 Å². The number of phenols is 4. The normalized spacial score (nSPS) is 14.8. The molecule has 0 spiro atoms. The van der Waals surface area contributed by atoms with Crippen LogP contribution in [0, 0.1) is 0 Å². The topological polar surface area (TPSA) is 107 Å². The molecule has 1 aliphatic heterocycles. The van der Waals surface area contributed by atoms with Crippen LogP contribution in [0.5, 0.6) is 34.5 Å². The summed E-state index contributed by atoms with van der Waals surface area (Å²) in [5.74, 6) is -0.945. The molecule has 1 unspecified atom stereocenters. The van der Waals surface area contributed by atoms with E-state index in [0.717, 1.165) is 0 Å². The Hall–Kier alpha value is -3.67. The first kappa shape index (κ1) is 15.8. The van der Waals surface area contributed by atoms with Crippen LogP contribution in [0.3, 0.4) is 0 Å². The van der Waals surface area contributed by atoms with E-state index in [-0.39, 0.29) is 34.5 Å². The molecule has 26 heavy (non-hydrogen) atoms. The number of fused-ring (bicyclic) bond motifs is 2. The molecule has 0 aromatic heterocycles. The van der Waals surface area contributed by atoms with Gasteiger partial charge in [-0.15, -0.1) is 0 Å². The van der Waals surface area contributed by atoms with Gasteiger partial charge in [0.25, 0.3) is 0 Å². The van der Waals surface area contributed by atoms with E-state index >= 15 is 0 Å². The van der Waals surface area contributed by atoms with Gasteiger partial charge >= 0.3 is 0 Å². The number of rotatable bonds is 2. The molecule has 6 heteroatoms. The molecule has 0 amide bonds. The molecule has 0 saturated heterocycles. The molecule has 0 radical (unpaired) electrons. The van der Waals surface area contributed by atoms with Crippen molar-refractivity contribution in [3.8, 4) is 45.6 Å². The van der Waals surface area contributed by atoms with Crippen molar-refractivity contribution in [1.29, 1.82) is 0 Å². The van der Waals surface area contributed by atoms with Crippen LogP contribution in [-0.2, 0) is 4.79 Å². The quantitative estimate of drug-likeness (QED) is 0.526. The molecular formula is C20H14O6. The zero-order valence-electron chi connectivity index (χ0n) is 13.4. The minimum absolute atomic E-state index is 0.111. The van der Waals surface area contributed by atoms with Gasteiger partial charge in [0.1, 0.15) is 29.3 Å². The first-order chi connectivity index (χ1) is 12.5. The molecule has 6 nitrogen and oxygen atoms in total. The van der Waals surface area contributed by atoms with E-state index in [4.69, 9.17) is 4.74 Å². The maximum Gasteiger partial charge on any atom is 0.173 e. The van der Waals surface area contributed by atoms with Gasteiger partial charge < -0.3 is 30.0 Å². The van der Waals surface area contributed by atoms with Crippen molar-refractivity contribution >= 4 is 6.29 Å². The fourth-order valence-corrected chi connectivity index (χ4v) is 3.24. The predicted octanol–water partition coefficient (Wildman–Crippen LogP) is 3.61. The highest BCUT2D eigenvalue weighted by atomic mass is 16.5. The number of benzene rings is 3. The Morgan fingerprint density at radius 3 is 2.23 bits per heavy atom. The fraction of sp³-hybridized carbons (Fsp3) is 0.0500.